The van der Waals surface area contributed by atoms with Crippen molar-refractivity contribution in [1.29, 1.82) is 5.41 Å². The number of aliphatic hydroxyl groups excluding tert-OH is 1. The van der Waals surface area contributed by atoms with E-state index >= 15 is 0 Å². The highest BCUT2D eigenvalue weighted by Crippen LogP contribution is 2.28. The average Bonchev–Trinajstić information content (AvgIpc) is 2.55. The van der Waals surface area contributed by atoms with Gasteiger partial charge in [0.15, 0.2) is 0 Å². The molecule has 24 heavy (non-hydrogen) atoms. The van der Waals surface area contributed by atoms with Crippen molar-refractivity contribution in [1.82, 2.24) is 4.90 Å². The van der Waals surface area contributed by atoms with Crippen molar-refractivity contribution in [3.05, 3.63) is 41.0 Å². The van der Waals surface area contributed by atoms with Gasteiger partial charge >= 0.3 is 0 Å². The Kier molecular flexibility index (Phi) is 5.44. The van der Waals surface area contributed by atoms with E-state index in [9.17, 15) is 15.0 Å². The van der Waals surface area contributed by atoms with Gasteiger partial charge in [0.2, 0.25) is 0 Å². The van der Waals surface area contributed by atoms with E-state index in [0.717, 1.165) is 24.6 Å². The molecule has 0 spiro atoms. The van der Waals surface area contributed by atoms with Crippen molar-refractivity contribution < 1.29 is 15.0 Å². The van der Waals surface area contributed by atoms with Gasteiger partial charge in [-0.05, 0) is 33.6 Å². The molecule has 3 N–H and O–H groups in total. The fourth-order valence-corrected chi connectivity index (χ4v) is 3.01. The number of hydrogen-bond donors (Lipinski definition) is 3. The number of nitrogens with zero attached hydrogens (tertiary/aromatic N) is 1. The summed E-state index contributed by atoms with van der Waals surface area (Å²) in [7, 11) is 0. The molecule has 1 aromatic rings. The van der Waals surface area contributed by atoms with E-state index in [0.29, 0.717) is 18.7 Å². The maximum Gasteiger partial charge on any atom is 0.259 e. The molecule has 0 aromatic heterocycles. The third-order valence-electron chi connectivity index (χ3n) is 4.66. The zero-order valence-electron chi connectivity index (χ0n) is 14.5. The van der Waals surface area contributed by atoms with E-state index in [-0.39, 0.29) is 23.2 Å². The first-order valence-corrected chi connectivity index (χ1v) is 8.26. The van der Waals surface area contributed by atoms with Crippen LogP contribution in [0.15, 0.2) is 29.8 Å². The number of rotatable bonds is 4. The number of benzene rings is 1. The van der Waals surface area contributed by atoms with Crippen LogP contribution in [0.1, 0.15) is 37.8 Å². The lowest BCUT2D eigenvalue weighted by Crippen LogP contribution is -2.47. The molecule has 1 fully saturated rings. The molecule has 0 radical (unpaired) electrons. The molecule has 1 aromatic carbocycles. The van der Waals surface area contributed by atoms with E-state index in [2.05, 4.69) is 0 Å². The molecular formula is C19H26N2O3. The minimum Gasteiger partial charge on any atom is -0.506 e. The highest BCUT2D eigenvalue weighted by atomic mass is 16.3. The lowest BCUT2D eigenvalue weighted by molar-refractivity contribution is -0.130. The summed E-state index contributed by atoms with van der Waals surface area (Å²) in [5, 5.41) is 28.2. The van der Waals surface area contributed by atoms with E-state index < -0.39 is 5.60 Å². The summed E-state index contributed by atoms with van der Waals surface area (Å²) in [6, 6.07) is 7.17. The normalized spacial score (nSPS) is 19.7. The largest absolute Gasteiger partial charge is 0.506 e. The number of carbonyl (C=O) groups is 1. The zero-order chi connectivity index (χ0) is 17.9. The number of hydrogen-bond acceptors (Lipinski definition) is 4. The highest BCUT2D eigenvalue weighted by Gasteiger charge is 2.34. The van der Waals surface area contributed by atoms with Gasteiger partial charge in [-0.3, -0.25) is 4.79 Å². The topological polar surface area (TPSA) is 84.6 Å². The Balaban J connectivity index is 2.26. The first-order valence-electron chi connectivity index (χ1n) is 8.26. The number of aliphatic hydroxyl groups is 2. The number of piperidine rings is 1. The van der Waals surface area contributed by atoms with Crippen LogP contribution in [0.25, 0.3) is 5.76 Å². The summed E-state index contributed by atoms with van der Waals surface area (Å²) < 4.78 is 0. The lowest BCUT2D eigenvalue weighted by atomic mass is 9.84. The van der Waals surface area contributed by atoms with E-state index in [1.807, 2.05) is 19.1 Å². The van der Waals surface area contributed by atoms with E-state index in [1.165, 1.54) is 0 Å². The molecular weight excluding hydrogens is 304 g/mol. The van der Waals surface area contributed by atoms with Gasteiger partial charge in [0.25, 0.3) is 5.91 Å². The molecule has 0 aliphatic carbocycles. The standard InChI is InChI=1S/C19H26N2O3/c1-13-6-8-14(9-7-13)17(22)16(11-20)18(23)21-10-4-5-15(12-21)19(2,3)24/h6-9,11,15,20,22,24H,4-5,10,12H2,1-3H3/b17-16+,20-11?. The monoisotopic (exact) mass is 330 g/mol. The summed E-state index contributed by atoms with van der Waals surface area (Å²) in [5.74, 6) is -0.555. The summed E-state index contributed by atoms with van der Waals surface area (Å²) in [6.07, 6.45) is 2.57. The van der Waals surface area contributed by atoms with Crippen LogP contribution in [0.5, 0.6) is 0 Å². The molecule has 1 atom stereocenters. The van der Waals surface area contributed by atoms with Gasteiger partial charge in [-0.25, -0.2) is 0 Å². The van der Waals surface area contributed by atoms with Gasteiger partial charge in [0, 0.05) is 30.8 Å². The van der Waals surface area contributed by atoms with Crippen LogP contribution in [-0.2, 0) is 4.79 Å². The van der Waals surface area contributed by atoms with Crippen molar-refractivity contribution in [2.75, 3.05) is 13.1 Å². The minimum atomic E-state index is -0.855. The fourth-order valence-electron chi connectivity index (χ4n) is 3.01. The molecule has 1 amide bonds. The van der Waals surface area contributed by atoms with Gasteiger partial charge in [0.05, 0.1) is 11.2 Å². The third kappa shape index (κ3) is 4.03. The van der Waals surface area contributed by atoms with E-state index in [4.69, 9.17) is 5.41 Å². The van der Waals surface area contributed by atoms with Crippen LogP contribution in [-0.4, -0.2) is 45.9 Å². The number of carbonyl (C=O) groups excluding carboxylic acids is 1. The van der Waals surface area contributed by atoms with Gasteiger partial charge < -0.3 is 20.5 Å². The van der Waals surface area contributed by atoms with Gasteiger partial charge in [-0.1, -0.05) is 29.8 Å². The second kappa shape index (κ2) is 7.18. The second-order valence-corrected chi connectivity index (χ2v) is 7.02. The van der Waals surface area contributed by atoms with Gasteiger partial charge in [-0.2, -0.15) is 0 Å². The summed E-state index contributed by atoms with van der Waals surface area (Å²) >= 11 is 0. The van der Waals surface area contributed by atoms with Crippen LogP contribution in [0.3, 0.4) is 0 Å². The van der Waals surface area contributed by atoms with Crippen LogP contribution < -0.4 is 0 Å². The average molecular weight is 330 g/mol. The molecule has 1 saturated heterocycles. The molecule has 5 nitrogen and oxygen atoms in total. The first kappa shape index (κ1) is 18.2. The Morgan fingerprint density at radius 3 is 2.50 bits per heavy atom. The number of amides is 1. The van der Waals surface area contributed by atoms with Crippen LogP contribution in [0.2, 0.25) is 0 Å². The second-order valence-electron chi connectivity index (χ2n) is 7.02. The Hall–Kier alpha value is -2.14. The Morgan fingerprint density at radius 2 is 1.96 bits per heavy atom. The third-order valence-corrected chi connectivity index (χ3v) is 4.66. The predicted molar refractivity (Wildman–Crippen MR) is 95.1 cm³/mol. The molecule has 130 valence electrons. The molecule has 1 heterocycles. The maximum absolute atomic E-state index is 12.8. The summed E-state index contributed by atoms with van der Waals surface area (Å²) in [5.41, 5.74) is 0.698. The first-order chi connectivity index (χ1) is 11.2. The number of aryl methyl sites for hydroxylation is 1. The predicted octanol–water partition coefficient (Wildman–Crippen LogP) is 2.92. The maximum atomic E-state index is 12.8. The van der Waals surface area contributed by atoms with Crippen LogP contribution in [0, 0.1) is 18.3 Å². The Bertz CT molecular complexity index is 642. The Labute approximate surface area is 143 Å². The fraction of sp³-hybridized carbons (Fsp3) is 0.474. The Morgan fingerprint density at radius 1 is 1.33 bits per heavy atom. The van der Waals surface area contributed by atoms with Crippen molar-refractivity contribution in [2.45, 2.75) is 39.2 Å². The van der Waals surface area contributed by atoms with Gasteiger partial charge in [0.1, 0.15) is 5.76 Å². The summed E-state index contributed by atoms with van der Waals surface area (Å²) in [6.45, 7) is 6.45. The van der Waals surface area contributed by atoms with Crippen molar-refractivity contribution in [2.24, 2.45) is 5.92 Å². The van der Waals surface area contributed by atoms with E-state index in [1.54, 1.807) is 30.9 Å². The molecule has 0 bridgehead atoms. The smallest absolute Gasteiger partial charge is 0.259 e. The van der Waals surface area contributed by atoms with Gasteiger partial charge in [-0.15, -0.1) is 0 Å². The SMILES string of the molecule is Cc1ccc(/C(O)=C(/C=N)C(=O)N2CCCC(C(C)(C)O)C2)cc1. The van der Waals surface area contributed by atoms with Crippen LogP contribution in [0.4, 0.5) is 0 Å². The minimum absolute atomic E-state index is 0.0105. The van der Waals surface area contributed by atoms with Crippen molar-refractivity contribution in [3.63, 3.8) is 0 Å². The summed E-state index contributed by atoms with van der Waals surface area (Å²) in [4.78, 5) is 14.4. The quantitative estimate of drug-likeness (QED) is 0.451. The molecule has 1 aliphatic rings. The highest BCUT2D eigenvalue weighted by molar-refractivity contribution is 6.16. The number of nitrogens with one attached hydrogen (secondary N) is 1. The van der Waals surface area contributed by atoms with Crippen molar-refractivity contribution in [3.8, 4) is 0 Å². The molecule has 1 aliphatic heterocycles. The molecule has 2 rings (SSSR count). The molecule has 5 heteroatoms. The van der Waals surface area contributed by atoms with Crippen molar-refractivity contribution >= 4 is 17.9 Å². The molecule has 0 saturated carbocycles. The molecule has 1 unspecified atom stereocenters. The lowest BCUT2D eigenvalue weighted by Gasteiger charge is -2.38. The number of likely N-dealkylation sites (tertiary alicyclic amines) is 1. The van der Waals surface area contributed by atoms with Crippen LogP contribution >= 0.6 is 0 Å². The zero-order valence-corrected chi connectivity index (χ0v) is 14.5.